The van der Waals surface area contributed by atoms with Crippen LogP contribution in [0.1, 0.15) is 48.8 Å². The molecule has 1 saturated carbocycles. The van der Waals surface area contributed by atoms with E-state index >= 15 is 0 Å². The third kappa shape index (κ3) is 3.83. The van der Waals surface area contributed by atoms with Gasteiger partial charge in [-0.3, -0.25) is 14.3 Å². The van der Waals surface area contributed by atoms with E-state index in [2.05, 4.69) is 10.2 Å². The monoisotopic (exact) mass is 563 g/mol. The summed E-state index contributed by atoms with van der Waals surface area (Å²) >= 11 is 6.22. The summed E-state index contributed by atoms with van der Waals surface area (Å²) in [7, 11) is 0. The number of piperidine rings is 1. The number of ether oxygens (including phenoxy) is 1. The third-order valence-electron chi connectivity index (χ3n) is 8.40. The molecular weight excluding hydrogens is 540 g/mol. The van der Waals surface area contributed by atoms with E-state index in [1.807, 2.05) is 0 Å². The lowest BCUT2D eigenvalue weighted by molar-refractivity contribution is -0.310. The maximum absolute atomic E-state index is 14.2. The minimum absolute atomic E-state index is 0.0337. The summed E-state index contributed by atoms with van der Waals surface area (Å²) < 4.78 is 89.6. The van der Waals surface area contributed by atoms with Gasteiger partial charge in [0, 0.05) is 30.6 Å². The van der Waals surface area contributed by atoms with Crippen molar-refractivity contribution in [3.05, 3.63) is 40.4 Å². The van der Waals surface area contributed by atoms with Gasteiger partial charge in [0.2, 0.25) is 5.91 Å². The number of rotatable bonds is 3. The summed E-state index contributed by atoms with van der Waals surface area (Å²) in [6.07, 6.45) is -8.74. The molecule has 0 unspecified atom stereocenters. The predicted molar refractivity (Wildman–Crippen MR) is 121 cm³/mol. The van der Waals surface area contributed by atoms with Crippen LogP contribution in [0.2, 0.25) is 5.02 Å². The lowest BCUT2D eigenvalue weighted by Crippen LogP contribution is -2.69. The number of likely N-dealkylation sites (tertiary alicyclic amines) is 1. The van der Waals surface area contributed by atoms with Crippen LogP contribution in [0, 0.1) is 5.41 Å². The molecule has 4 heterocycles. The van der Waals surface area contributed by atoms with Gasteiger partial charge in [-0.05, 0) is 49.4 Å². The fourth-order valence-corrected chi connectivity index (χ4v) is 6.00. The van der Waals surface area contributed by atoms with E-state index in [0.717, 1.165) is 0 Å². The Morgan fingerprint density at radius 1 is 1.00 bits per heavy atom. The fourth-order valence-electron chi connectivity index (χ4n) is 5.80. The van der Waals surface area contributed by atoms with Gasteiger partial charge in [-0.2, -0.15) is 26.3 Å². The molecule has 1 aromatic carbocycles. The zero-order chi connectivity index (χ0) is 27.1. The van der Waals surface area contributed by atoms with E-state index < -0.39 is 42.4 Å². The number of carbonyl (C=O) groups excluding carboxylic acids is 1. The number of amides is 1. The second-order valence-corrected chi connectivity index (χ2v) is 11.0. The van der Waals surface area contributed by atoms with Gasteiger partial charge in [-0.25, -0.2) is 0 Å². The van der Waals surface area contributed by atoms with Crippen LogP contribution in [-0.2, 0) is 22.6 Å². The number of aromatic nitrogens is 3. The van der Waals surface area contributed by atoms with Crippen LogP contribution >= 0.6 is 11.6 Å². The van der Waals surface area contributed by atoms with Crippen molar-refractivity contribution in [1.29, 1.82) is 0 Å². The zero-order valence-corrected chi connectivity index (χ0v) is 20.8. The van der Waals surface area contributed by atoms with Gasteiger partial charge in [0.25, 0.3) is 0 Å². The Morgan fingerprint density at radius 3 is 2.24 bits per heavy atom. The number of carbonyl (C=O) groups is 1. The van der Waals surface area contributed by atoms with Crippen LogP contribution in [0.25, 0.3) is 5.69 Å². The van der Waals surface area contributed by atoms with Gasteiger partial charge < -0.3 is 9.64 Å². The van der Waals surface area contributed by atoms with E-state index in [1.165, 1.54) is 9.80 Å². The number of hydrogen-bond acceptors (Lipinski definition) is 5. The topological polar surface area (TPSA) is 63.5 Å². The fraction of sp³-hybridized carbons (Fsp3) is 0.625. The number of alkyl halides is 6. The molecule has 0 atom stereocenters. The smallest absolute Gasteiger partial charge is 0.377 e. The molecule has 2 aromatic rings. The maximum Gasteiger partial charge on any atom is 0.411 e. The number of benzene rings is 1. The largest absolute Gasteiger partial charge is 0.411 e. The Bertz CT molecular complexity index is 1260. The highest BCUT2D eigenvalue weighted by atomic mass is 35.5. The molecule has 38 heavy (non-hydrogen) atoms. The standard InChI is InChI=1S/C24H24ClF6N5O2/c25-16-1-2-17-15(9-16)10-35(22(12-38-13-22)24(29,30)31)11-18-32-33-19(36(17)18)14-3-7-34(8-4-14)20(37)21(5-6-21)23(26,27)28/h1-2,9,14H,3-8,10-13H2. The summed E-state index contributed by atoms with van der Waals surface area (Å²) in [5.74, 6) is -0.274. The van der Waals surface area contributed by atoms with Crippen molar-refractivity contribution in [2.45, 2.75) is 62.6 Å². The lowest BCUT2D eigenvalue weighted by Gasteiger charge is -2.49. The second-order valence-electron chi connectivity index (χ2n) is 10.6. The number of hydrogen-bond donors (Lipinski definition) is 0. The van der Waals surface area contributed by atoms with Crippen molar-refractivity contribution < 1.29 is 35.9 Å². The van der Waals surface area contributed by atoms with Crippen molar-refractivity contribution in [3.63, 3.8) is 0 Å². The van der Waals surface area contributed by atoms with Gasteiger partial charge in [0.05, 0.1) is 25.4 Å². The summed E-state index contributed by atoms with van der Waals surface area (Å²) in [5, 5.41) is 8.96. The highest BCUT2D eigenvalue weighted by Crippen LogP contribution is 2.59. The SMILES string of the molecule is O=C(N1CCC(c2nnc3n2-c2ccc(Cl)cc2CN(C2(C(F)(F)F)COC2)C3)CC1)C1(C(F)(F)F)CC1. The van der Waals surface area contributed by atoms with Crippen molar-refractivity contribution >= 4 is 17.5 Å². The molecule has 0 bridgehead atoms. The first-order chi connectivity index (χ1) is 17.9. The molecule has 3 aliphatic heterocycles. The molecule has 2 saturated heterocycles. The van der Waals surface area contributed by atoms with E-state index in [-0.39, 0.29) is 44.9 Å². The number of fused-ring (bicyclic) bond motifs is 3. The maximum atomic E-state index is 14.2. The van der Waals surface area contributed by atoms with Crippen molar-refractivity contribution in [1.82, 2.24) is 24.6 Å². The van der Waals surface area contributed by atoms with E-state index in [0.29, 0.717) is 40.8 Å². The molecule has 0 spiro atoms. The first-order valence-corrected chi connectivity index (χ1v) is 12.7. The minimum atomic E-state index is -4.57. The molecule has 1 aliphatic carbocycles. The third-order valence-corrected chi connectivity index (χ3v) is 8.63. The molecule has 3 fully saturated rings. The Balaban J connectivity index is 1.29. The van der Waals surface area contributed by atoms with E-state index in [9.17, 15) is 31.1 Å². The van der Waals surface area contributed by atoms with Gasteiger partial charge in [-0.1, -0.05) is 11.6 Å². The first-order valence-electron chi connectivity index (χ1n) is 12.3. The molecular formula is C24H24ClF6N5O2. The average Bonchev–Trinajstić information content (AvgIpc) is 3.56. The van der Waals surface area contributed by atoms with Crippen LogP contribution in [-0.4, -0.2) is 74.7 Å². The summed E-state index contributed by atoms with van der Waals surface area (Å²) in [6.45, 7) is -0.866. The number of halogens is 7. The molecule has 14 heteroatoms. The highest BCUT2D eigenvalue weighted by molar-refractivity contribution is 6.30. The van der Waals surface area contributed by atoms with Crippen molar-refractivity contribution in [3.8, 4) is 5.69 Å². The molecule has 206 valence electrons. The molecule has 7 nitrogen and oxygen atoms in total. The molecule has 0 N–H and O–H groups in total. The van der Waals surface area contributed by atoms with Gasteiger partial charge in [0.15, 0.2) is 11.4 Å². The lowest BCUT2D eigenvalue weighted by atomic mass is 9.93. The summed E-state index contributed by atoms with van der Waals surface area (Å²) in [6, 6.07) is 4.98. The summed E-state index contributed by atoms with van der Waals surface area (Å²) in [5.41, 5.74) is -3.23. The molecule has 0 radical (unpaired) electrons. The highest BCUT2D eigenvalue weighted by Gasteiger charge is 2.69. The van der Waals surface area contributed by atoms with Crippen LogP contribution in [0.5, 0.6) is 0 Å². The Morgan fingerprint density at radius 2 is 1.68 bits per heavy atom. The first kappa shape index (κ1) is 25.9. The predicted octanol–water partition coefficient (Wildman–Crippen LogP) is 4.62. The van der Waals surface area contributed by atoms with Crippen molar-refractivity contribution in [2.24, 2.45) is 5.41 Å². The van der Waals surface area contributed by atoms with Crippen LogP contribution in [0.15, 0.2) is 18.2 Å². The minimum Gasteiger partial charge on any atom is -0.377 e. The van der Waals surface area contributed by atoms with Gasteiger partial charge in [-0.15, -0.1) is 10.2 Å². The van der Waals surface area contributed by atoms with E-state index in [4.69, 9.17) is 16.3 Å². The van der Waals surface area contributed by atoms with Gasteiger partial charge in [0.1, 0.15) is 11.2 Å². The molecule has 6 rings (SSSR count). The van der Waals surface area contributed by atoms with Crippen LogP contribution in [0.3, 0.4) is 0 Å². The summed E-state index contributed by atoms with van der Waals surface area (Å²) in [4.78, 5) is 15.3. The van der Waals surface area contributed by atoms with Crippen LogP contribution < -0.4 is 0 Å². The zero-order valence-electron chi connectivity index (χ0n) is 20.1. The molecule has 1 amide bonds. The normalized spacial score (nSPS) is 23.3. The Kier molecular flexibility index (Phi) is 5.83. The Labute approximate surface area is 218 Å². The van der Waals surface area contributed by atoms with Gasteiger partial charge >= 0.3 is 12.4 Å². The molecule has 1 aromatic heterocycles. The van der Waals surface area contributed by atoms with Crippen LogP contribution in [0.4, 0.5) is 26.3 Å². The average molecular weight is 564 g/mol. The number of nitrogens with zero attached hydrogens (tertiary/aromatic N) is 5. The van der Waals surface area contributed by atoms with Crippen molar-refractivity contribution in [2.75, 3.05) is 26.3 Å². The Hall–Kier alpha value is -2.38. The van der Waals surface area contributed by atoms with E-state index in [1.54, 1.807) is 22.8 Å². The molecule has 4 aliphatic rings. The second kappa shape index (κ2) is 8.56. The quantitative estimate of drug-likeness (QED) is 0.510.